The average molecular weight is 611 g/mol. The van der Waals surface area contributed by atoms with Gasteiger partial charge in [-0.05, 0) is 93.2 Å². The molecule has 1 heterocycles. The van der Waals surface area contributed by atoms with E-state index >= 15 is 0 Å². The number of para-hydroxylation sites is 2. The summed E-state index contributed by atoms with van der Waals surface area (Å²) < 4.78 is 18.7. The summed E-state index contributed by atoms with van der Waals surface area (Å²) in [6, 6.07) is 22.0. The smallest absolute Gasteiger partial charge is 0.414 e. The number of amides is 1. The first-order valence-electron chi connectivity index (χ1n) is 13.8. The van der Waals surface area contributed by atoms with Gasteiger partial charge in [0.2, 0.25) is 5.91 Å². The highest BCUT2D eigenvalue weighted by molar-refractivity contribution is 8.01. The Balaban J connectivity index is 0.000000765. The Morgan fingerprint density at radius 3 is 2.26 bits per heavy atom. The van der Waals surface area contributed by atoms with Gasteiger partial charge in [0, 0.05) is 11.4 Å². The quantitative estimate of drug-likeness (QED) is 0.157. The molecule has 0 spiro atoms. The molecule has 4 rings (SSSR count). The highest BCUT2D eigenvalue weighted by Crippen LogP contribution is 2.44. The Hall–Kier alpha value is -4.22. The molecule has 0 aliphatic carbocycles. The lowest BCUT2D eigenvalue weighted by Gasteiger charge is -2.32. The molecule has 0 bridgehead atoms. The van der Waals surface area contributed by atoms with Gasteiger partial charge in [-0.25, -0.2) is 13.9 Å². The minimum Gasteiger partial charge on any atom is -0.493 e. The summed E-state index contributed by atoms with van der Waals surface area (Å²) in [6.45, 7) is 4.54. The zero-order valence-electron chi connectivity index (χ0n) is 24.8. The lowest BCUT2D eigenvalue weighted by Crippen LogP contribution is -2.32. The molecular formula is C32H38N2O8S. The maximum Gasteiger partial charge on any atom is 0.414 e. The van der Waals surface area contributed by atoms with Gasteiger partial charge >= 0.3 is 11.9 Å². The molecule has 0 fully saturated rings. The van der Waals surface area contributed by atoms with Crippen molar-refractivity contribution >= 4 is 35.5 Å². The van der Waals surface area contributed by atoms with E-state index in [2.05, 4.69) is 24.1 Å². The number of rotatable bonds is 12. The standard InChI is InChI=1S/C30H36N2O4S.C2H2O4/c1-22-24-11-5-8-14-29(24)37-32(30(22)33)25-12-6-7-13-26(25)36-20-10-9-18-31(2)19-17-23-15-16-27(34-3)28(21-23)35-4;3-1(4)2(5)6/h5-8,11-16,21-22H,9-10,17-20H2,1-4H3;(H,3,4)(H,5,6). The SMILES string of the molecule is COc1ccc(CCN(C)CCCCOc2ccccc2N2Sc3ccccc3C(C)C2=O)cc1OC.O=C(O)C(=O)O. The number of fused-ring (bicyclic) bond motifs is 1. The number of nitrogens with zero attached hydrogens (tertiary/aromatic N) is 2. The fourth-order valence-corrected chi connectivity index (χ4v) is 5.61. The topological polar surface area (TPSA) is 126 Å². The van der Waals surface area contributed by atoms with Crippen LogP contribution in [0.15, 0.2) is 71.6 Å². The molecule has 2 N–H and O–H groups in total. The number of unbranched alkanes of at least 4 members (excludes halogenated alkanes) is 1. The molecular weight excluding hydrogens is 572 g/mol. The molecule has 0 radical (unpaired) electrons. The van der Waals surface area contributed by atoms with E-state index in [0.717, 1.165) is 65.7 Å². The largest absolute Gasteiger partial charge is 0.493 e. The fraction of sp³-hybridized carbons (Fsp3) is 0.344. The van der Waals surface area contributed by atoms with E-state index in [9.17, 15) is 4.79 Å². The molecule has 0 saturated carbocycles. The van der Waals surface area contributed by atoms with Crippen molar-refractivity contribution in [1.82, 2.24) is 4.90 Å². The number of aliphatic carboxylic acids is 2. The summed E-state index contributed by atoms with van der Waals surface area (Å²) in [5, 5.41) is 14.8. The molecule has 10 nitrogen and oxygen atoms in total. The van der Waals surface area contributed by atoms with E-state index in [4.69, 9.17) is 34.0 Å². The van der Waals surface area contributed by atoms with Crippen molar-refractivity contribution in [3.05, 3.63) is 77.9 Å². The molecule has 3 aromatic carbocycles. The first-order chi connectivity index (χ1) is 20.7. The molecule has 1 aliphatic rings. The van der Waals surface area contributed by atoms with Gasteiger partial charge in [-0.1, -0.05) is 36.4 Å². The highest BCUT2D eigenvalue weighted by Gasteiger charge is 2.33. The number of ether oxygens (including phenoxy) is 3. The molecule has 3 aromatic rings. The van der Waals surface area contributed by atoms with Gasteiger partial charge < -0.3 is 29.3 Å². The number of hydrogen-bond donors (Lipinski definition) is 2. The number of benzene rings is 3. The van der Waals surface area contributed by atoms with Gasteiger partial charge in [0.25, 0.3) is 0 Å². The third-order valence-corrected chi connectivity index (χ3v) is 7.96. The highest BCUT2D eigenvalue weighted by atomic mass is 32.2. The van der Waals surface area contributed by atoms with Gasteiger partial charge in [0.1, 0.15) is 5.75 Å². The van der Waals surface area contributed by atoms with Gasteiger partial charge in [0.05, 0.1) is 32.4 Å². The van der Waals surface area contributed by atoms with Gasteiger partial charge in [-0.3, -0.25) is 4.79 Å². The van der Waals surface area contributed by atoms with Crippen LogP contribution in [0.4, 0.5) is 5.69 Å². The van der Waals surface area contributed by atoms with Gasteiger partial charge in [0.15, 0.2) is 11.5 Å². The molecule has 0 saturated heterocycles. The lowest BCUT2D eigenvalue weighted by molar-refractivity contribution is -0.159. The van der Waals surface area contributed by atoms with Crippen LogP contribution in [-0.4, -0.2) is 73.9 Å². The summed E-state index contributed by atoms with van der Waals surface area (Å²) in [4.78, 5) is 34.8. The number of carbonyl (C=O) groups excluding carboxylic acids is 1. The van der Waals surface area contributed by atoms with Crippen molar-refractivity contribution in [2.45, 2.75) is 37.0 Å². The van der Waals surface area contributed by atoms with Crippen LogP contribution in [0.2, 0.25) is 0 Å². The average Bonchev–Trinajstić information content (AvgIpc) is 3.02. The number of likely N-dealkylation sites (N-methyl/N-ethyl adjacent to an activating group) is 1. The van der Waals surface area contributed by atoms with Crippen molar-refractivity contribution in [2.75, 3.05) is 45.3 Å². The second-order valence-corrected chi connectivity index (χ2v) is 10.8. The van der Waals surface area contributed by atoms with Crippen LogP contribution in [0.3, 0.4) is 0 Å². The van der Waals surface area contributed by atoms with Crippen molar-refractivity contribution in [1.29, 1.82) is 0 Å². The third-order valence-electron chi connectivity index (χ3n) is 6.83. The van der Waals surface area contributed by atoms with E-state index in [1.165, 1.54) is 17.5 Å². The van der Waals surface area contributed by atoms with Gasteiger partial charge in [-0.15, -0.1) is 0 Å². The minimum atomic E-state index is -1.82. The molecule has 1 amide bonds. The third kappa shape index (κ3) is 9.39. The Labute approximate surface area is 256 Å². The Morgan fingerprint density at radius 2 is 1.56 bits per heavy atom. The summed E-state index contributed by atoms with van der Waals surface area (Å²) in [5.74, 6) is -1.48. The van der Waals surface area contributed by atoms with Crippen LogP contribution in [0, 0.1) is 0 Å². The van der Waals surface area contributed by atoms with Crippen LogP contribution >= 0.6 is 11.9 Å². The molecule has 43 heavy (non-hydrogen) atoms. The summed E-state index contributed by atoms with van der Waals surface area (Å²) in [5.41, 5.74) is 3.12. The minimum absolute atomic E-state index is 0.0795. The van der Waals surface area contributed by atoms with Crippen molar-refractivity contribution in [2.24, 2.45) is 0 Å². The van der Waals surface area contributed by atoms with E-state index in [-0.39, 0.29) is 11.8 Å². The molecule has 11 heteroatoms. The van der Waals surface area contributed by atoms with Crippen molar-refractivity contribution in [3.63, 3.8) is 0 Å². The second kappa shape index (κ2) is 16.4. The molecule has 230 valence electrons. The van der Waals surface area contributed by atoms with Crippen molar-refractivity contribution in [3.8, 4) is 17.2 Å². The van der Waals surface area contributed by atoms with Crippen molar-refractivity contribution < 1.29 is 38.8 Å². The first kappa shape index (κ1) is 33.3. The van der Waals surface area contributed by atoms with Crippen LogP contribution in [0.1, 0.15) is 36.8 Å². The number of carboxylic acid groups (broad SMARTS) is 2. The Kier molecular flexibility index (Phi) is 12.7. The van der Waals surface area contributed by atoms with Crippen LogP contribution in [0.5, 0.6) is 17.2 Å². The predicted molar refractivity (Wildman–Crippen MR) is 165 cm³/mol. The predicted octanol–water partition coefficient (Wildman–Crippen LogP) is 5.35. The second-order valence-electron chi connectivity index (χ2n) is 9.86. The molecule has 0 aromatic heterocycles. The van der Waals surface area contributed by atoms with Crippen LogP contribution in [-0.2, 0) is 20.8 Å². The Morgan fingerprint density at radius 1 is 0.884 bits per heavy atom. The number of methoxy groups -OCH3 is 2. The molecule has 1 aliphatic heterocycles. The van der Waals surface area contributed by atoms with Crippen LogP contribution < -0.4 is 18.5 Å². The van der Waals surface area contributed by atoms with E-state index < -0.39 is 11.9 Å². The summed E-state index contributed by atoms with van der Waals surface area (Å²) in [6.07, 6.45) is 2.92. The number of anilines is 1. The maximum atomic E-state index is 13.2. The number of carbonyl (C=O) groups is 3. The van der Waals surface area contributed by atoms with Gasteiger partial charge in [-0.2, -0.15) is 0 Å². The monoisotopic (exact) mass is 610 g/mol. The van der Waals surface area contributed by atoms with E-state index in [1.807, 2.05) is 61.5 Å². The maximum absolute atomic E-state index is 13.2. The molecule has 1 unspecified atom stereocenters. The zero-order valence-corrected chi connectivity index (χ0v) is 25.6. The number of carboxylic acids is 2. The molecule has 1 atom stereocenters. The normalized spacial score (nSPS) is 13.9. The summed E-state index contributed by atoms with van der Waals surface area (Å²) >= 11 is 1.47. The van der Waals surface area contributed by atoms with E-state index in [0.29, 0.717) is 6.61 Å². The van der Waals surface area contributed by atoms with E-state index in [1.54, 1.807) is 18.5 Å². The fourth-order valence-electron chi connectivity index (χ4n) is 4.42. The summed E-state index contributed by atoms with van der Waals surface area (Å²) in [7, 11) is 5.46. The van der Waals surface area contributed by atoms with Crippen LogP contribution in [0.25, 0.3) is 0 Å². The zero-order chi connectivity index (χ0) is 31.4. The lowest BCUT2D eigenvalue weighted by atomic mass is 10.00. The first-order valence-corrected chi connectivity index (χ1v) is 14.6. The number of hydrogen-bond acceptors (Lipinski definition) is 8. The Bertz CT molecular complexity index is 1390.